The lowest BCUT2D eigenvalue weighted by Gasteiger charge is -2.18. The van der Waals surface area contributed by atoms with Gasteiger partial charge in [-0.3, -0.25) is 4.57 Å². The third-order valence-electron chi connectivity index (χ3n) is 4.72. The van der Waals surface area contributed by atoms with Crippen LogP contribution in [-0.4, -0.2) is 21.9 Å². The van der Waals surface area contributed by atoms with Gasteiger partial charge in [-0.25, -0.2) is 4.39 Å². The van der Waals surface area contributed by atoms with Crippen LogP contribution in [0, 0.1) is 5.82 Å². The number of hydrogen-bond acceptors (Lipinski definition) is 5. The van der Waals surface area contributed by atoms with Crippen molar-refractivity contribution in [3.05, 3.63) is 96.1 Å². The molecule has 1 atom stereocenters. The van der Waals surface area contributed by atoms with E-state index in [1.165, 1.54) is 17.8 Å². The van der Waals surface area contributed by atoms with Crippen LogP contribution in [0.1, 0.15) is 24.4 Å². The van der Waals surface area contributed by atoms with Gasteiger partial charge in [0.25, 0.3) is 0 Å². The maximum atomic E-state index is 14.1. The Bertz CT molecular complexity index is 1150. The van der Waals surface area contributed by atoms with Crippen molar-refractivity contribution < 1.29 is 13.9 Å². The molecule has 1 aromatic heterocycles. The molecule has 158 valence electrons. The molecule has 31 heavy (non-hydrogen) atoms. The minimum absolute atomic E-state index is 0.228. The van der Waals surface area contributed by atoms with Crippen molar-refractivity contribution in [3.63, 3.8) is 0 Å². The van der Waals surface area contributed by atoms with Gasteiger partial charge in [0, 0.05) is 11.4 Å². The summed E-state index contributed by atoms with van der Waals surface area (Å²) in [7, 11) is 1.61. The van der Waals surface area contributed by atoms with Gasteiger partial charge in [-0.15, -0.1) is 10.2 Å². The monoisotopic (exact) mass is 435 g/mol. The van der Waals surface area contributed by atoms with Gasteiger partial charge in [-0.2, -0.15) is 0 Å². The van der Waals surface area contributed by atoms with Crippen LogP contribution in [0.5, 0.6) is 11.5 Å². The molecule has 0 bridgehead atoms. The van der Waals surface area contributed by atoms with Crippen LogP contribution in [0.4, 0.5) is 4.39 Å². The van der Waals surface area contributed by atoms with E-state index in [9.17, 15) is 4.39 Å². The van der Waals surface area contributed by atoms with Crippen LogP contribution in [0.3, 0.4) is 0 Å². The molecule has 0 N–H and O–H groups in total. The van der Waals surface area contributed by atoms with E-state index >= 15 is 0 Å². The Balaban J connectivity index is 1.65. The van der Waals surface area contributed by atoms with Crippen molar-refractivity contribution in [2.24, 2.45) is 0 Å². The first-order valence-corrected chi connectivity index (χ1v) is 10.8. The van der Waals surface area contributed by atoms with Crippen LogP contribution >= 0.6 is 11.8 Å². The summed E-state index contributed by atoms with van der Waals surface area (Å²) in [5.74, 6) is 2.14. The van der Waals surface area contributed by atoms with Crippen molar-refractivity contribution in [1.82, 2.24) is 14.8 Å². The third kappa shape index (κ3) is 4.72. The molecule has 1 heterocycles. The molecule has 0 amide bonds. The zero-order chi connectivity index (χ0) is 21.6. The first-order chi connectivity index (χ1) is 15.2. The van der Waals surface area contributed by atoms with E-state index in [1.54, 1.807) is 19.2 Å². The molecule has 4 aromatic rings. The second kappa shape index (κ2) is 9.66. The summed E-state index contributed by atoms with van der Waals surface area (Å²) in [6.07, 6.45) is -0.396. The standard InChI is InChI=1S/C24H22FN3O2S/c1-17(30-22-15-9-8-14-21(22)29-2)23-26-27-24(28(23)19-11-4-3-5-12-19)31-16-18-10-6-7-13-20(18)25/h3-15,17H,16H2,1-2H3. The van der Waals surface area contributed by atoms with E-state index < -0.39 is 6.10 Å². The van der Waals surface area contributed by atoms with Crippen molar-refractivity contribution >= 4 is 11.8 Å². The van der Waals surface area contributed by atoms with E-state index in [2.05, 4.69) is 10.2 Å². The van der Waals surface area contributed by atoms with Gasteiger partial charge in [0.05, 0.1) is 7.11 Å². The second-order valence-electron chi connectivity index (χ2n) is 6.80. The van der Waals surface area contributed by atoms with Crippen molar-refractivity contribution in [1.29, 1.82) is 0 Å². The quantitative estimate of drug-likeness (QED) is 0.325. The van der Waals surface area contributed by atoms with Crippen molar-refractivity contribution in [3.8, 4) is 17.2 Å². The normalized spacial score (nSPS) is 11.8. The highest BCUT2D eigenvalue weighted by atomic mass is 32.2. The summed E-state index contributed by atoms with van der Waals surface area (Å²) < 4.78 is 27.6. The fourth-order valence-corrected chi connectivity index (χ4v) is 4.12. The van der Waals surface area contributed by atoms with Crippen LogP contribution in [0.25, 0.3) is 5.69 Å². The number of aromatic nitrogens is 3. The number of hydrogen-bond donors (Lipinski definition) is 0. The van der Waals surface area contributed by atoms with E-state index in [1.807, 2.05) is 72.2 Å². The number of thioether (sulfide) groups is 1. The second-order valence-corrected chi connectivity index (χ2v) is 7.75. The molecule has 0 aliphatic rings. The number of para-hydroxylation sites is 3. The van der Waals surface area contributed by atoms with Crippen molar-refractivity contribution in [2.75, 3.05) is 7.11 Å². The highest BCUT2D eigenvalue weighted by Gasteiger charge is 2.22. The molecule has 1 unspecified atom stereocenters. The first-order valence-electron chi connectivity index (χ1n) is 9.84. The number of halogens is 1. The van der Waals surface area contributed by atoms with E-state index in [-0.39, 0.29) is 5.82 Å². The summed E-state index contributed by atoms with van der Waals surface area (Å²) in [4.78, 5) is 0. The van der Waals surface area contributed by atoms with E-state index in [4.69, 9.17) is 9.47 Å². The molecule has 5 nitrogen and oxygen atoms in total. The molecular formula is C24H22FN3O2S. The Morgan fingerprint density at radius 2 is 1.58 bits per heavy atom. The summed E-state index contributed by atoms with van der Waals surface area (Å²) in [5, 5.41) is 9.46. The number of benzene rings is 3. The van der Waals surface area contributed by atoms with E-state index in [0.29, 0.717) is 33.8 Å². The first kappa shape index (κ1) is 20.9. The number of ether oxygens (including phenoxy) is 2. The van der Waals surface area contributed by atoms with Crippen LogP contribution in [0.2, 0.25) is 0 Å². The molecule has 0 saturated heterocycles. The number of rotatable bonds is 8. The largest absolute Gasteiger partial charge is 0.493 e. The predicted molar refractivity (Wildman–Crippen MR) is 119 cm³/mol. The molecule has 0 spiro atoms. The number of nitrogens with zero attached hydrogens (tertiary/aromatic N) is 3. The van der Waals surface area contributed by atoms with E-state index in [0.717, 1.165) is 5.69 Å². The topological polar surface area (TPSA) is 49.2 Å². The Kier molecular flexibility index (Phi) is 6.52. The highest BCUT2D eigenvalue weighted by Crippen LogP contribution is 2.33. The Hall–Kier alpha value is -3.32. The van der Waals surface area contributed by atoms with Gasteiger partial charge in [-0.1, -0.05) is 60.3 Å². The zero-order valence-electron chi connectivity index (χ0n) is 17.2. The van der Waals surface area contributed by atoms with Gasteiger partial charge in [-0.05, 0) is 42.8 Å². The molecular weight excluding hydrogens is 413 g/mol. The fraction of sp³-hybridized carbons (Fsp3) is 0.167. The Labute approximate surface area is 184 Å². The summed E-state index contributed by atoms with van der Waals surface area (Å²) in [6, 6.07) is 24.1. The molecule has 0 radical (unpaired) electrons. The van der Waals surface area contributed by atoms with Gasteiger partial charge in [0.1, 0.15) is 5.82 Å². The molecule has 3 aromatic carbocycles. The smallest absolute Gasteiger partial charge is 0.196 e. The molecule has 0 aliphatic carbocycles. The van der Waals surface area contributed by atoms with Crippen LogP contribution < -0.4 is 9.47 Å². The third-order valence-corrected chi connectivity index (χ3v) is 5.70. The lowest BCUT2D eigenvalue weighted by Crippen LogP contribution is -2.12. The predicted octanol–water partition coefficient (Wildman–Crippen LogP) is 5.85. The van der Waals surface area contributed by atoms with Gasteiger partial charge in [0.2, 0.25) is 0 Å². The highest BCUT2D eigenvalue weighted by molar-refractivity contribution is 7.98. The molecule has 0 aliphatic heterocycles. The van der Waals surface area contributed by atoms with Gasteiger partial charge >= 0.3 is 0 Å². The van der Waals surface area contributed by atoms with Crippen molar-refractivity contribution in [2.45, 2.75) is 23.9 Å². The Morgan fingerprint density at radius 1 is 0.903 bits per heavy atom. The molecule has 0 saturated carbocycles. The maximum absolute atomic E-state index is 14.1. The molecule has 0 fully saturated rings. The fourth-order valence-electron chi connectivity index (χ4n) is 3.17. The lowest BCUT2D eigenvalue weighted by atomic mass is 10.2. The minimum Gasteiger partial charge on any atom is -0.493 e. The van der Waals surface area contributed by atoms with Gasteiger partial charge in [0.15, 0.2) is 28.6 Å². The SMILES string of the molecule is COc1ccccc1OC(C)c1nnc(SCc2ccccc2F)n1-c1ccccc1. The molecule has 7 heteroatoms. The summed E-state index contributed by atoms with van der Waals surface area (Å²) in [6.45, 7) is 1.92. The average molecular weight is 436 g/mol. The molecule has 4 rings (SSSR count). The lowest BCUT2D eigenvalue weighted by molar-refractivity contribution is 0.204. The minimum atomic E-state index is -0.396. The van der Waals surface area contributed by atoms with Gasteiger partial charge < -0.3 is 9.47 Å². The van der Waals surface area contributed by atoms with Crippen LogP contribution in [-0.2, 0) is 5.75 Å². The van der Waals surface area contributed by atoms with Crippen LogP contribution in [0.15, 0.2) is 84.0 Å². The summed E-state index contributed by atoms with van der Waals surface area (Å²) in [5.41, 5.74) is 1.53. The zero-order valence-corrected chi connectivity index (χ0v) is 18.1. The average Bonchev–Trinajstić information content (AvgIpc) is 3.23. The Morgan fingerprint density at radius 3 is 2.32 bits per heavy atom. The number of methoxy groups -OCH3 is 1. The summed E-state index contributed by atoms with van der Waals surface area (Å²) >= 11 is 1.43. The maximum Gasteiger partial charge on any atom is 0.196 e.